The van der Waals surface area contributed by atoms with Crippen molar-refractivity contribution in [2.75, 3.05) is 19.0 Å². The summed E-state index contributed by atoms with van der Waals surface area (Å²) < 4.78 is 45.1. The van der Waals surface area contributed by atoms with Crippen LogP contribution in [0.4, 0.5) is 18.9 Å². The number of hydrogen-bond donors (Lipinski definition) is 2. The SMILES string of the molecule is COc1cc(C(=O)NC2CCC(CNc3cc(C(F)(F)F)nc4ccc(Cl)cc34)CC2)c(Cl)cn1. The van der Waals surface area contributed by atoms with Crippen molar-refractivity contribution >= 4 is 45.7 Å². The summed E-state index contributed by atoms with van der Waals surface area (Å²) in [6, 6.07) is 7.11. The average Bonchev–Trinajstić information content (AvgIpc) is 2.83. The molecule has 0 unspecified atom stereocenters. The van der Waals surface area contributed by atoms with E-state index < -0.39 is 11.9 Å². The normalized spacial score (nSPS) is 18.3. The lowest BCUT2D eigenvalue weighted by molar-refractivity contribution is -0.140. The number of hydrogen-bond acceptors (Lipinski definition) is 5. The molecular formula is C24H23Cl2F3N4O2. The molecule has 1 amide bonds. The highest BCUT2D eigenvalue weighted by molar-refractivity contribution is 6.33. The minimum atomic E-state index is -4.55. The lowest BCUT2D eigenvalue weighted by Crippen LogP contribution is -2.38. The van der Waals surface area contributed by atoms with Crippen molar-refractivity contribution < 1.29 is 22.7 Å². The van der Waals surface area contributed by atoms with E-state index in [-0.39, 0.29) is 28.4 Å². The van der Waals surface area contributed by atoms with Gasteiger partial charge in [0.25, 0.3) is 5.91 Å². The Hall–Kier alpha value is -2.78. The van der Waals surface area contributed by atoms with Crippen molar-refractivity contribution in [1.29, 1.82) is 0 Å². The van der Waals surface area contributed by atoms with Crippen LogP contribution in [0.3, 0.4) is 0 Å². The van der Waals surface area contributed by atoms with E-state index in [1.807, 2.05) is 0 Å². The molecule has 6 nitrogen and oxygen atoms in total. The third-order valence-electron chi connectivity index (χ3n) is 6.11. The number of fused-ring (bicyclic) bond motifs is 1. The predicted molar refractivity (Wildman–Crippen MR) is 129 cm³/mol. The summed E-state index contributed by atoms with van der Waals surface area (Å²) in [5.41, 5.74) is -0.0790. The summed E-state index contributed by atoms with van der Waals surface area (Å²) >= 11 is 12.2. The molecule has 2 heterocycles. The number of aromatic nitrogens is 2. The Balaban J connectivity index is 1.38. The van der Waals surface area contributed by atoms with Crippen LogP contribution in [0.5, 0.6) is 5.88 Å². The number of methoxy groups -OCH3 is 1. The number of anilines is 1. The first-order valence-electron chi connectivity index (χ1n) is 11.1. The maximum Gasteiger partial charge on any atom is 0.433 e. The van der Waals surface area contributed by atoms with Gasteiger partial charge >= 0.3 is 6.18 Å². The second-order valence-corrected chi connectivity index (χ2v) is 9.34. The van der Waals surface area contributed by atoms with Crippen LogP contribution in [0.1, 0.15) is 41.7 Å². The number of ether oxygens (including phenoxy) is 1. The van der Waals surface area contributed by atoms with Crippen molar-refractivity contribution in [2.24, 2.45) is 5.92 Å². The van der Waals surface area contributed by atoms with Gasteiger partial charge in [0.15, 0.2) is 0 Å². The van der Waals surface area contributed by atoms with Crippen molar-refractivity contribution in [1.82, 2.24) is 15.3 Å². The number of nitrogens with zero attached hydrogens (tertiary/aromatic N) is 2. The van der Waals surface area contributed by atoms with Gasteiger partial charge in [0.1, 0.15) is 5.69 Å². The Morgan fingerprint density at radius 1 is 1.14 bits per heavy atom. The van der Waals surface area contributed by atoms with Gasteiger partial charge in [0.05, 0.1) is 29.4 Å². The van der Waals surface area contributed by atoms with Crippen LogP contribution in [-0.4, -0.2) is 35.6 Å². The molecule has 11 heteroatoms. The Bertz CT molecular complexity index is 1230. The number of amides is 1. The van der Waals surface area contributed by atoms with E-state index in [1.54, 1.807) is 6.07 Å². The van der Waals surface area contributed by atoms with Crippen molar-refractivity contribution in [3.05, 3.63) is 57.8 Å². The molecule has 3 aromatic rings. The molecule has 186 valence electrons. The number of carbonyl (C=O) groups excluding carboxylic acids is 1. The highest BCUT2D eigenvalue weighted by Crippen LogP contribution is 2.35. The number of alkyl halides is 3. The minimum Gasteiger partial charge on any atom is -0.481 e. The molecule has 35 heavy (non-hydrogen) atoms. The monoisotopic (exact) mass is 526 g/mol. The third-order valence-corrected chi connectivity index (χ3v) is 6.64. The van der Waals surface area contributed by atoms with Gasteiger partial charge in [-0.1, -0.05) is 23.2 Å². The van der Waals surface area contributed by atoms with Crippen LogP contribution in [-0.2, 0) is 6.18 Å². The zero-order chi connectivity index (χ0) is 25.2. The van der Waals surface area contributed by atoms with Crippen molar-refractivity contribution in [2.45, 2.75) is 37.9 Å². The highest BCUT2D eigenvalue weighted by atomic mass is 35.5. The van der Waals surface area contributed by atoms with Gasteiger partial charge in [-0.05, 0) is 55.9 Å². The fourth-order valence-electron chi connectivity index (χ4n) is 4.22. The second-order valence-electron chi connectivity index (χ2n) is 8.49. The van der Waals surface area contributed by atoms with E-state index in [0.717, 1.165) is 31.7 Å². The molecule has 0 spiro atoms. The molecule has 0 bridgehead atoms. The number of carbonyl (C=O) groups is 1. The smallest absolute Gasteiger partial charge is 0.433 e. The van der Waals surface area contributed by atoms with Crippen LogP contribution in [0, 0.1) is 5.92 Å². The molecular weight excluding hydrogens is 504 g/mol. The van der Waals surface area contributed by atoms with Gasteiger partial charge in [-0.3, -0.25) is 4.79 Å². The van der Waals surface area contributed by atoms with Crippen molar-refractivity contribution in [3.63, 3.8) is 0 Å². The van der Waals surface area contributed by atoms with E-state index in [4.69, 9.17) is 27.9 Å². The zero-order valence-corrected chi connectivity index (χ0v) is 20.3. The molecule has 1 fully saturated rings. The van der Waals surface area contributed by atoms with Crippen LogP contribution >= 0.6 is 23.2 Å². The highest BCUT2D eigenvalue weighted by Gasteiger charge is 2.33. The summed E-state index contributed by atoms with van der Waals surface area (Å²) in [5.74, 6) is 0.245. The number of rotatable bonds is 6. The van der Waals surface area contributed by atoms with Crippen LogP contribution in [0.25, 0.3) is 10.9 Å². The number of nitrogens with one attached hydrogen (secondary N) is 2. The Labute approximate surface area is 210 Å². The van der Waals surface area contributed by atoms with Crippen LogP contribution < -0.4 is 15.4 Å². The molecule has 1 aliphatic carbocycles. The van der Waals surface area contributed by atoms with E-state index in [0.29, 0.717) is 34.1 Å². The molecule has 2 aromatic heterocycles. The molecule has 0 atom stereocenters. The lowest BCUT2D eigenvalue weighted by Gasteiger charge is -2.29. The first-order chi connectivity index (χ1) is 16.6. The largest absolute Gasteiger partial charge is 0.481 e. The summed E-state index contributed by atoms with van der Waals surface area (Å²) in [6.07, 6.45) is -0.0773. The zero-order valence-electron chi connectivity index (χ0n) is 18.8. The maximum atomic E-state index is 13.3. The van der Waals surface area contributed by atoms with Crippen molar-refractivity contribution in [3.8, 4) is 5.88 Å². The van der Waals surface area contributed by atoms with Gasteiger partial charge in [0.2, 0.25) is 5.88 Å². The number of benzene rings is 1. The quantitative estimate of drug-likeness (QED) is 0.390. The Morgan fingerprint density at radius 2 is 1.89 bits per heavy atom. The first-order valence-corrected chi connectivity index (χ1v) is 11.8. The summed E-state index contributed by atoms with van der Waals surface area (Å²) in [6.45, 7) is 0.497. The fourth-order valence-corrected chi connectivity index (χ4v) is 4.58. The van der Waals surface area contributed by atoms with E-state index >= 15 is 0 Å². The fraction of sp³-hybridized carbons (Fsp3) is 0.375. The number of pyridine rings is 2. The molecule has 0 saturated heterocycles. The Morgan fingerprint density at radius 3 is 2.57 bits per heavy atom. The molecule has 4 rings (SSSR count). The van der Waals surface area contributed by atoms with E-state index in [9.17, 15) is 18.0 Å². The van der Waals surface area contributed by atoms with Gasteiger partial charge in [-0.25, -0.2) is 9.97 Å². The van der Waals surface area contributed by atoms with Gasteiger partial charge < -0.3 is 15.4 Å². The van der Waals surface area contributed by atoms with Gasteiger partial charge in [0, 0.05) is 34.7 Å². The number of halogens is 5. The topological polar surface area (TPSA) is 76.1 Å². The van der Waals surface area contributed by atoms with E-state index in [2.05, 4.69) is 20.6 Å². The summed E-state index contributed by atoms with van der Waals surface area (Å²) in [7, 11) is 1.46. The molecule has 0 radical (unpaired) electrons. The molecule has 1 aromatic carbocycles. The molecule has 1 saturated carbocycles. The van der Waals surface area contributed by atoms with Gasteiger partial charge in [-0.2, -0.15) is 13.2 Å². The summed E-state index contributed by atoms with van der Waals surface area (Å²) in [5, 5.41) is 7.38. The van der Waals surface area contributed by atoms with Crippen LogP contribution in [0.2, 0.25) is 10.0 Å². The van der Waals surface area contributed by atoms with E-state index in [1.165, 1.54) is 31.5 Å². The predicted octanol–water partition coefficient (Wildman–Crippen LogP) is 6.36. The average molecular weight is 527 g/mol. The molecule has 1 aliphatic rings. The summed E-state index contributed by atoms with van der Waals surface area (Å²) in [4.78, 5) is 20.4. The standard InChI is InChI=1S/C24H23Cl2F3N4O2/c1-35-22-9-16(18(26)12-31-22)23(34)32-15-5-2-13(3-6-15)11-30-20-10-21(24(27,28)29)33-19-7-4-14(25)8-17(19)20/h4,7-10,12-13,15H,2-3,5-6,11H2,1H3,(H,30,33)(H,32,34). The lowest BCUT2D eigenvalue weighted by atomic mass is 9.85. The first kappa shape index (κ1) is 25.3. The second kappa shape index (κ2) is 10.5. The molecule has 2 N–H and O–H groups in total. The molecule has 0 aliphatic heterocycles. The Kier molecular flexibility index (Phi) is 7.56. The maximum absolute atomic E-state index is 13.3. The minimum absolute atomic E-state index is 0.0219. The third kappa shape index (κ3) is 6.08. The van der Waals surface area contributed by atoms with Crippen LogP contribution in [0.15, 0.2) is 36.5 Å². The van der Waals surface area contributed by atoms with Gasteiger partial charge in [-0.15, -0.1) is 0 Å².